The quantitative estimate of drug-likeness (QED) is 0.309. The first-order valence-electron chi connectivity index (χ1n) is 11.7. The lowest BCUT2D eigenvalue weighted by atomic mass is 10.1. The first-order valence-corrected chi connectivity index (χ1v) is 12.6. The van der Waals surface area contributed by atoms with Gasteiger partial charge in [0.05, 0.1) is 10.6 Å². The van der Waals surface area contributed by atoms with E-state index < -0.39 is 0 Å². The van der Waals surface area contributed by atoms with Crippen LogP contribution in [0, 0.1) is 13.8 Å². The lowest BCUT2D eigenvalue weighted by Gasteiger charge is -2.11. The third-order valence-corrected chi connectivity index (χ3v) is 7.13. The monoisotopic (exact) mass is 477 g/mol. The third-order valence-electron chi connectivity index (χ3n) is 6.22. The Labute approximate surface area is 210 Å². The summed E-state index contributed by atoms with van der Waals surface area (Å²) in [4.78, 5) is 17.9. The van der Waals surface area contributed by atoms with Gasteiger partial charge in [-0.1, -0.05) is 61.5 Å². The van der Waals surface area contributed by atoms with Gasteiger partial charge in [0.2, 0.25) is 0 Å². The number of hydrogen-bond acceptors (Lipinski definition) is 3. The molecule has 0 spiro atoms. The van der Waals surface area contributed by atoms with Gasteiger partial charge in [0, 0.05) is 17.1 Å². The minimum Gasteiger partial charge on any atom is -0.318 e. The zero-order valence-corrected chi connectivity index (χ0v) is 20.9. The molecule has 2 heterocycles. The zero-order chi connectivity index (χ0) is 24.4. The van der Waals surface area contributed by atoms with Crippen LogP contribution in [0.4, 0.5) is 5.69 Å². The van der Waals surface area contributed by atoms with Crippen molar-refractivity contribution in [3.63, 3.8) is 0 Å². The number of carbonyl (C=O) groups excluding carboxylic acids is 1. The number of amides is 1. The summed E-state index contributed by atoms with van der Waals surface area (Å²) in [5.74, 6) is -0.115. The maximum atomic E-state index is 12.6. The summed E-state index contributed by atoms with van der Waals surface area (Å²) in [5, 5.41) is 3.50. The summed E-state index contributed by atoms with van der Waals surface area (Å²) >= 11 is 1.38. The Kier molecular flexibility index (Phi) is 6.43. The molecule has 0 atom stereocenters. The van der Waals surface area contributed by atoms with Gasteiger partial charge in [-0.15, -0.1) is 0 Å². The van der Waals surface area contributed by atoms with Gasteiger partial charge < -0.3 is 9.88 Å². The van der Waals surface area contributed by atoms with Crippen LogP contribution in [0.5, 0.6) is 0 Å². The predicted octanol–water partition coefficient (Wildman–Crippen LogP) is 7.22. The number of thioether (sulfide) groups is 1. The van der Waals surface area contributed by atoms with Gasteiger partial charge in [-0.2, -0.15) is 0 Å². The Bertz CT molecular complexity index is 1430. The molecule has 4 nitrogen and oxygen atoms in total. The summed E-state index contributed by atoms with van der Waals surface area (Å²) in [6, 6.07) is 29.2. The van der Waals surface area contributed by atoms with Gasteiger partial charge in [0.1, 0.15) is 0 Å². The van der Waals surface area contributed by atoms with Crippen LogP contribution in [0.3, 0.4) is 0 Å². The van der Waals surface area contributed by atoms with Crippen molar-refractivity contribution < 1.29 is 4.79 Å². The second kappa shape index (κ2) is 9.80. The third kappa shape index (κ3) is 4.86. The number of aliphatic imine (C=N–C) groups is 1. The van der Waals surface area contributed by atoms with E-state index in [1.54, 1.807) is 0 Å². The molecule has 1 amide bonds. The molecular weight excluding hydrogens is 450 g/mol. The Balaban J connectivity index is 1.39. The van der Waals surface area contributed by atoms with Gasteiger partial charge in [-0.3, -0.25) is 4.79 Å². The van der Waals surface area contributed by atoms with E-state index in [4.69, 9.17) is 0 Å². The van der Waals surface area contributed by atoms with Crippen molar-refractivity contribution in [1.82, 2.24) is 9.88 Å². The van der Waals surface area contributed by atoms with E-state index in [9.17, 15) is 4.79 Å². The minimum absolute atomic E-state index is 0.115. The highest BCUT2D eigenvalue weighted by Gasteiger charge is 2.24. The number of carbonyl (C=O) groups is 1. The van der Waals surface area contributed by atoms with Gasteiger partial charge in [0.25, 0.3) is 5.91 Å². The molecule has 35 heavy (non-hydrogen) atoms. The fourth-order valence-electron chi connectivity index (χ4n) is 4.31. The molecule has 5 heteroatoms. The molecule has 1 fully saturated rings. The first-order chi connectivity index (χ1) is 17.0. The number of rotatable bonds is 5. The van der Waals surface area contributed by atoms with Crippen LogP contribution in [0.25, 0.3) is 22.9 Å². The van der Waals surface area contributed by atoms with Crippen molar-refractivity contribution in [2.24, 2.45) is 4.99 Å². The molecule has 174 valence electrons. The summed E-state index contributed by atoms with van der Waals surface area (Å²) in [6.45, 7) is 6.31. The molecule has 0 unspecified atom stereocenters. The van der Waals surface area contributed by atoms with E-state index in [-0.39, 0.29) is 5.91 Å². The van der Waals surface area contributed by atoms with Gasteiger partial charge in [-0.25, -0.2) is 4.99 Å². The average molecular weight is 478 g/mol. The molecule has 1 aromatic heterocycles. The average Bonchev–Trinajstić information content (AvgIpc) is 3.37. The second-order valence-electron chi connectivity index (χ2n) is 8.58. The molecule has 1 saturated heterocycles. The number of aromatic nitrogens is 1. The van der Waals surface area contributed by atoms with Crippen molar-refractivity contribution in [1.29, 1.82) is 0 Å². The van der Waals surface area contributed by atoms with E-state index in [1.165, 1.54) is 28.5 Å². The topological polar surface area (TPSA) is 46.4 Å². The standard InChI is InChI=1S/C30H27N3OS/c1-4-22-10-14-26(15-11-22)31-30-32-29(34)28(35-30)19-25-18-20(2)33(21(25)3)27-16-12-24(13-17-27)23-8-6-5-7-9-23/h5-19H,4H2,1-3H3,(H,31,32,34)/b28-19+. The van der Waals surface area contributed by atoms with E-state index >= 15 is 0 Å². The molecule has 0 radical (unpaired) electrons. The fourth-order valence-corrected chi connectivity index (χ4v) is 5.14. The molecule has 1 N–H and O–H groups in total. The molecule has 0 aliphatic carbocycles. The molecule has 4 aromatic rings. The minimum atomic E-state index is -0.115. The maximum absolute atomic E-state index is 12.6. The summed E-state index contributed by atoms with van der Waals surface area (Å²) in [7, 11) is 0. The normalized spacial score (nSPS) is 15.7. The molecule has 1 aliphatic heterocycles. The first kappa shape index (κ1) is 22.9. The van der Waals surface area contributed by atoms with Crippen LogP contribution < -0.4 is 5.32 Å². The summed E-state index contributed by atoms with van der Waals surface area (Å²) in [5.41, 5.74) is 8.84. The van der Waals surface area contributed by atoms with Crippen molar-refractivity contribution >= 4 is 34.6 Å². The molecule has 1 aliphatic rings. The van der Waals surface area contributed by atoms with Crippen LogP contribution in [-0.4, -0.2) is 15.6 Å². The summed E-state index contributed by atoms with van der Waals surface area (Å²) in [6.07, 6.45) is 2.95. The van der Waals surface area contributed by atoms with Gasteiger partial charge in [-0.05, 0) is 90.7 Å². The molecular formula is C30H27N3OS. The van der Waals surface area contributed by atoms with Crippen molar-refractivity contribution in [2.75, 3.05) is 0 Å². The van der Waals surface area contributed by atoms with E-state index in [1.807, 2.05) is 24.3 Å². The van der Waals surface area contributed by atoms with Crippen LogP contribution >= 0.6 is 11.8 Å². The van der Waals surface area contributed by atoms with Gasteiger partial charge in [0.15, 0.2) is 5.17 Å². The molecule has 0 saturated carbocycles. The van der Waals surface area contributed by atoms with Crippen LogP contribution in [-0.2, 0) is 11.2 Å². The lowest BCUT2D eigenvalue weighted by Crippen LogP contribution is -2.19. The number of hydrogen-bond donors (Lipinski definition) is 1. The van der Waals surface area contributed by atoms with Crippen LogP contribution in [0.1, 0.15) is 29.4 Å². The largest absolute Gasteiger partial charge is 0.318 e. The highest BCUT2D eigenvalue weighted by atomic mass is 32.2. The zero-order valence-electron chi connectivity index (χ0n) is 20.1. The van der Waals surface area contributed by atoms with Crippen molar-refractivity contribution in [3.8, 4) is 16.8 Å². The number of nitrogens with zero attached hydrogens (tertiary/aromatic N) is 2. The smallest absolute Gasteiger partial charge is 0.264 e. The van der Waals surface area contributed by atoms with Crippen molar-refractivity contribution in [2.45, 2.75) is 27.2 Å². The highest BCUT2D eigenvalue weighted by Crippen LogP contribution is 2.31. The lowest BCUT2D eigenvalue weighted by molar-refractivity contribution is -0.115. The molecule has 3 aromatic carbocycles. The van der Waals surface area contributed by atoms with Gasteiger partial charge >= 0.3 is 0 Å². The predicted molar refractivity (Wildman–Crippen MR) is 147 cm³/mol. The molecule has 5 rings (SSSR count). The van der Waals surface area contributed by atoms with E-state index in [0.717, 1.165) is 34.7 Å². The maximum Gasteiger partial charge on any atom is 0.264 e. The molecule has 0 bridgehead atoms. The number of nitrogens with one attached hydrogen (secondary N) is 1. The number of aryl methyl sites for hydroxylation is 2. The van der Waals surface area contributed by atoms with E-state index in [2.05, 4.69) is 102 Å². The number of amidine groups is 1. The van der Waals surface area contributed by atoms with Crippen molar-refractivity contribution in [3.05, 3.63) is 112 Å². The SMILES string of the molecule is CCc1ccc(N=C2NC(=O)/C(=C\c3cc(C)n(-c4ccc(-c5ccccc5)cc4)c3C)S2)cc1. The Morgan fingerprint density at radius 1 is 0.914 bits per heavy atom. The Hall–Kier alpha value is -3.83. The Morgan fingerprint density at radius 3 is 2.29 bits per heavy atom. The number of benzene rings is 3. The van der Waals surface area contributed by atoms with Crippen LogP contribution in [0.15, 0.2) is 94.8 Å². The second-order valence-corrected chi connectivity index (χ2v) is 9.61. The van der Waals surface area contributed by atoms with E-state index in [0.29, 0.717) is 10.1 Å². The summed E-state index contributed by atoms with van der Waals surface area (Å²) < 4.78 is 2.23. The highest BCUT2D eigenvalue weighted by molar-refractivity contribution is 8.18. The van der Waals surface area contributed by atoms with Crippen LogP contribution in [0.2, 0.25) is 0 Å². The fraction of sp³-hybridized carbons (Fsp3) is 0.133. The Morgan fingerprint density at radius 2 is 1.60 bits per heavy atom.